The lowest BCUT2D eigenvalue weighted by Gasteiger charge is -2.30. The normalized spacial score (nSPS) is 13.0. The molecule has 1 aromatic carbocycles. The van der Waals surface area contributed by atoms with E-state index in [1.807, 2.05) is 30.2 Å². The minimum Gasteiger partial charge on any atom is -0.357 e. The van der Waals surface area contributed by atoms with Gasteiger partial charge in [-0.1, -0.05) is 30.3 Å². The molecule has 0 saturated heterocycles. The molecular weight excluding hydrogens is 463 g/mol. The molecule has 1 unspecified atom stereocenters. The zero-order valence-corrected chi connectivity index (χ0v) is 20.3. The largest absolute Gasteiger partial charge is 0.357 e. The number of rotatable bonds is 8. The third-order valence-electron chi connectivity index (χ3n) is 4.41. The van der Waals surface area contributed by atoms with Crippen LogP contribution in [0.4, 0.5) is 0 Å². The number of aliphatic imine (C=N–C) groups is 1. The molecule has 0 amide bonds. The van der Waals surface area contributed by atoms with Gasteiger partial charge in [0.05, 0.1) is 12.7 Å². The molecule has 0 bridgehead atoms. The number of halogens is 1. The Kier molecular flexibility index (Phi) is 9.95. The van der Waals surface area contributed by atoms with E-state index in [9.17, 15) is 0 Å². The highest BCUT2D eigenvalue weighted by Crippen LogP contribution is 2.16. The van der Waals surface area contributed by atoms with Crippen molar-refractivity contribution in [1.29, 1.82) is 0 Å². The fraction of sp³-hybridized carbons (Fsp3) is 0.524. The Balaban J connectivity index is 0.00000392. The Labute approximate surface area is 186 Å². The van der Waals surface area contributed by atoms with Crippen molar-refractivity contribution in [2.24, 2.45) is 12.0 Å². The van der Waals surface area contributed by atoms with E-state index in [1.54, 1.807) is 0 Å². The number of nitrogens with zero attached hydrogens (tertiary/aromatic N) is 4. The molecule has 1 atom stereocenters. The number of aryl methyl sites for hydroxylation is 1. The lowest BCUT2D eigenvalue weighted by Crippen LogP contribution is -2.45. The molecule has 0 aliphatic carbocycles. The van der Waals surface area contributed by atoms with Crippen molar-refractivity contribution in [1.82, 2.24) is 25.3 Å². The van der Waals surface area contributed by atoms with Gasteiger partial charge in [0, 0.05) is 50.5 Å². The average molecular weight is 498 g/mol. The van der Waals surface area contributed by atoms with E-state index in [-0.39, 0.29) is 35.6 Å². The molecule has 1 aromatic heterocycles. The summed E-state index contributed by atoms with van der Waals surface area (Å²) >= 11 is 0. The number of aromatic nitrogens is 2. The van der Waals surface area contributed by atoms with Crippen LogP contribution in [0.25, 0.3) is 0 Å². The van der Waals surface area contributed by atoms with Gasteiger partial charge in [-0.3, -0.25) is 9.67 Å². The highest BCUT2D eigenvalue weighted by Gasteiger charge is 2.21. The number of hydrogen-bond donors (Lipinski definition) is 2. The highest BCUT2D eigenvalue weighted by molar-refractivity contribution is 14.0. The van der Waals surface area contributed by atoms with Gasteiger partial charge >= 0.3 is 0 Å². The summed E-state index contributed by atoms with van der Waals surface area (Å²) in [4.78, 5) is 7.01. The molecule has 0 saturated carbocycles. The third-order valence-corrected chi connectivity index (χ3v) is 4.41. The molecule has 0 aliphatic heterocycles. The van der Waals surface area contributed by atoms with Crippen LogP contribution in [0.15, 0.2) is 47.7 Å². The van der Waals surface area contributed by atoms with E-state index < -0.39 is 0 Å². The van der Waals surface area contributed by atoms with E-state index >= 15 is 0 Å². The standard InChI is InChI=1S/C21H34N6.HI/c1-7-22-20(26(5)14-18-13-24-27(6)15-18)23-16-21(3,4)25-17(2)19-11-9-8-10-12-19;/h8-13,15,17,25H,7,14,16H2,1-6H3,(H,22,23);1H. The molecule has 0 fully saturated rings. The minimum absolute atomic E-state index is 0. The van der Waals surface area contributed by atoms with Crippen molar-refractivity contribution >= 4 is 29.9 Å². The Bertz CT molecular complexity index is 726. The van der Waals surface area contributed by atoms with E-state index in [0.717, 1.165) is 19.0 Å². The molecule has 0 aliphatic rings. The van der Waals surface area contributed by atoms with Crippen molar-refractivity contribution in [2.45, 2.75) is 45.8 Å². The Morgan fingerprint density at radius 1 is 1.29 bits per heavy atom. The average Bonchev–Trinajstić information content (AvgIpc) is 3.03. The number of guanidine groups is 1. The maximum Gasteiger partial charge on any atom is 0.194 e. The lowest BCUT2D eigenvalue weighted by molar-refractivity contribution is 0.354. The lowest BCUT2D eigenvalue weighted by atomic mass is 10.0. The number of nitrogens with one attached hydrogen (secondary N) is 2. The van der Waals surface area contributed by atoms with Gasteiger partial charge in [-0.05, 0) is 33.3 Å². The van der Waals surface area contributed by atoms with E-state index in [1.165, 1.54) is 11.1 Å². The SMILES string of the molecule is CCNC(=NCC(C)(C)NC(C)c1ccccc1)N(C)Cc1cnn(C)c1.I. The van der Waals surface area contributed by atoms with Gasteiger partial charge in [0.2, 0.25) is 0 Å². The van der Waals surface area contributed by atoms with Crippen LogP contribution < -0.4 is 10.6 Å². The van der Waals surface area contributed by atoms with Gasteiger partial charge in [0.15, 0.2) is 5.96 Å². The minimum atomic E-state index is -0.120. The van der Waals surface area contributed by atoms with Crippen LogP contribution in [0.5, 0.6) is 0 Å². The Morgan fingerprint density at radius 2 is 1.96 bits per heavy atom. The van der Waals surface area contributed by atoms with Gasteiger partial charge < -0.3 is 15.5 Å². The summed E-state index contributed by atoms with van der Waals surface area (Å²) < 4.78 is 1.82. The van der Waals surface area contributed by atoms with Gasteiger partial charge in [0.25, 0.3) is 0 Å². The quantitative estimate of drug-likeness (QED) is 0.332. The smallest absolute Gasteiger partial charge is 0.194 e. The van der Waals surface area contributed by atoms with Gasteiger partial charge in [-0.2, -0.15) is 5.10 Å². The first-order valence-corrected chi connectivity index (χ1v) is 9.60. The first-order valence-electron chi connectivity index (χ1n) is 9.60. The van der Waals surface area contributed by atoms with Crippen molar-refractivity contribution in [3.63, 3.8) is 0 Å². The van der Waals surface area contributed by atoms with E-state index in [0.29, 0.717) is 6.54 Å². The monoisotopic (exact) mass is 498 g/mol. The van der Waals surface area contributed by atoms with Crippen LogP contribution in [0, 0.1) is 0 Å². The highest BCUT2D eigenvalue weighted by atomic mass is 127. The molecule has 2 N–H and O–H groups in total. The zero-order chi connectivity index (χ0) is 19.9. The predicted molar refractivity (Wildman–Crippen MR) is 128 cm³/mol. The van der Waals surface area contributed by atoms with Gasteiger partial charge in [0.1, 0.15) is 0 Å². The first kappa shape index (κ1) is 24.4. The maximum absolute atomic E-state index is 4.88. The summed E-state index contributed by atoms with van der Waals surface area (Å²) in [7, 11) is 3.99. The van der Waals surface area contributed by atoms with Crippen LogP contribution in [-0.2, 0) is 13.6 Å². The molecule has 0 spiro atoms. The second-order valence-electron chi connectivity index (χ2n) is 7.71. The van der Waals surface area contributed by atoms with Crippen LogP contribution in [0.3, 0.4) is 0 Å². The van der Waals surface area contributed by atoms with E-state index in [4.69, 9.17) is 4.99 Å². The van der Waals surface area contributed by atoms with Crippen LogP contribution in [-0.4, -0.2) is 46.3 Å². The molecule has 0 radical (unpaired) electrons. The summed E-state index contributed by atoms with van der Waals surface area (Å²) in [5.74, 6) is 0.906. The summed E-state index contributed by atoms with van der Waals surface area (Å²) in [5, 5.41) is 11.3. The van der Waals surface area contributed by atoms with Crippen LogP contribution in [0.2, 0.25) is 0 Å². The summed E-state index contributed by atoms with van der Waals surface area (Å²) in [6.07, 6.45) is 3.93. The molecule has 1 heterocycles. The fourth-order valence-electron chi connectivity index (χ4n) is 3.10. The zero-order valence-electron chi connectivity index (χ0n) is 17.9. The Hall–Kier alpha value is -1.61. The summed E-state index contributed by atoms with van der Waals surface area (Å²) in [6.45, 7) is 11.0. The fourth-order valence-corrected chi connectivity index (χ4v) is 3.10. The second kappa shape index (κ2) is 11.4. The number of benzene rings is 1. The van der Waals surface area contributed by atoms with Crippen LogP contribution >= 0.6 is 24.0 Å². The summed E-state index contributed by atoms with van der Waals surface area (Å²) in [6, 6.07) is 10.8. The van der Waals surface area contributed by atoms with Crippen molar-refractivity contribution in [3.8, 4) is 0 Å². The number of hydrogen-bond acceptors (Lipinski definition) is 3. The molecular formula is C21H35IN6. The van der Waals surface area contributed by atoms with Crippen LogP contribution in [0.1, 0.15) is 44.9 Å². The third kappa shape index (κ3) is 7.79. The molecule has 6 nitrogen and oxygen atoms in total. The predicted octanol–water partition coefficient (Wildman–Crippen LogP) is 3.56. The second-order valence-corrected chi connectivity index (χ2v) is 7.71. The van der Waals surface area contributed by atoms with Crippen molar-refractivity contribution in [2.75, 3.05) is 20.1 Å². The molecule has 7 heteroatoms. The molecule has 156 valence electrons. The van der Waals surface area contributed by atoms with Gasteiger partial charge in [-0.25, -0.2) is 0 Å². The maximum atomic E-state index is 4.88. The van der Waals surface area contributed by atoms with Crippen molar-refractivity contribution in [3.05, 3.63) is 53.9 Å². The topological polar surface area (TPSA) is 57.5 Å². The van der Waals surface area contributed by atoms with Gasteiger partial charge in [-0.15, -0.1) is 24.0 Å². The Morgan fingerprint density at radius 3 is 2.54 bits per heavy atom. The van der Waals surface area contributed by atoms with E-state index in [2.05, 4.69) is 79.6 Å². The summed E-state index contributed by atoms with van der Waals surface area (Å²) in [5.41, 5.74) is 2.33. The molecule has 28 heavy (non-hydrogen) atoms. The molecule has 2 aromatic rings. The van der Waals surface area contributed by atoms with Crippen molar-refractivity contribution < 1.29 is 0 Å². The first-order chi connectivity index (χ1) is 12.8. The molecule has 2 rings (SSSR count).